The van der Waals surface area contributed by atoms with E-state index in [1.165, 1.54) is 4.68 Å². The van der Waals surface area contributed by atoms with Gasteiger partial charge < -0.3 is 0 Å². The minimum absolute atomic E-state index is 0.184. The molecule has 5 rings (SSSR count). The summed E-state index contributed by atoms with van der Waals surface area (Å²) in [6.07, 6.45) is 1.80. The summed E-state index contributed by atoms with van der Waals surface area (Å²) in [7, 11) is 0. The highest BCUT2D eigenvalue weighted by molar-refractivity contribution is 7.99. The average Bonchev–Trinajstić information content (AvgIpc) is 3.56. The van der Waals surface area contributed by atoms with Crippen molar-refractivity contribution in [2.45, 2.75) is 23.6 Å². The fourth-order valence-corrected chi connectivity index (χ4v) is 5.21. The van der Waals surface area contributed by atoms with Crippen LogP contribution in [0.2, 0.25) is 0 Å². The van der Waals surface area contributed by atoms with Crippen LogP contribution in [0.4, 0.5) is 0 Å². The topological polar surface area (TPSA) is 52.7 Å². The minimum Gasteiger partial charge on any atom is -0.267 e. The second-order valence-electron chi connectivity index (χ2n) is 7.28. The number of carbonyl (C=O) groups is 1. The van der Waals surface area contributed by atoms with Crippen LogP contribution < -0.4 is 0 Å². The van der Waals surface area contributed by atoms with Gasteiger partial charge >= 0.3 is 0 Å². The fourth-order valence-electron chi connectivity index (χ4n) is 3.53. The Morgan fingerprint density at radius 1 is 0.906 bits per heavy atom. The lowest BCUT2D eigenvalue weighted by molar-refractivity contribution is 0.0942. The zero-order valence-electron chi connectivity index (χ0n) is 17.6. The standard InChI is InChI=1S/C25H20N4OS2/c1-17-24(32-20-12-7-4-8-13-20)18(2)29(26-17)25(30)21-16-28(19-10-5-3-6-11-19)27-23(21)22-14-9-15-31-22/h3-16H,1-2H3. The Morgan fingerprint density at radius 2 is 1.62 bits per heavy atom. The molecule has 2 aromatic carbocycles. The second kappa shape index (κ2) is 8.61. The van der Waals surface area contributed by atoms with E-state index >= 15 is 0 Å². The average molecular weight is 457 g/mol. The number of hydrogen-bond acceptors (Lipinski definition) is 5. The van der Waals surface area contributed by atoms with E-state index in [1.807, 2.05) is 79.9 Å². The molecule has 0 aliphatic heterocycles. The van der Waals surface area contributed by atoms with Crippen molar-refractivity contribution in [2.75, 3.05) is 0 Å². The van der Waals surface area contributed by atoms with E-state index in [4.69, 9.17) is 5.10 Å². The van der Waals surface area contributed by atoms with Crippen LogP contribution in [0, 0.1) is 13.8 Å². The van der Waals surface area contributed by atoms with Gasteiger partial charge in [0.1, 0.15) is 5.69 Å². The van der Waals surface area contributed by atoms with E-state index in [2.05, 4.69) is 17.2 Å². The Balaban J connectivity index is 1.57. The first kappa shape index (κ1) is 20.5. The molecule has 5 nitrogen and oxygen atoms in total. The van der Waals surface area contributed by atoms with E-state index in [-0.39, 0.29) is 5.91 Å². The molecule has 0 amide bonds. The molecular formula is C25H20N4OS2. The number of aryl methyl sites for hydroxylation is 1. The highest BCUT2D eigenvalue weighted by Gasteiger charge is 2.24. The van der Waals surface area contributed by atoms with Crippen molar-refractivity contribution in [1.29, 1.82) is 0 Å². The van der Waals surface area contributed by atoms with Crippen LogP contribution >= 0.6 is 23.1 Å². The number of rotatable bonds is 5. The zero-order chi connectivity index (χ0) is 22.1. The van der Waals surface area contributed by atoms with Crippen molar-refractivity contribution in [3.05, 3.63) is 101 Å². The summed E-state index contributed by atoms with van der Waals surface area (Å²) in [4.78, 5) is 16.7. The summed E-state index contributed by atoms with van der Waals surface area (Å²) < 4.78 is 3.26. The van der Waals surface area contributed by atoms with E-state index < -0.39 is 0 Å². The number of benzene rings is 2. The van der Waals surface area contributed by atoms with Crippen LogP contribution in [-0.2, 0) is 0 Å². The molecule has 7 heteroatoms. The molecule has 32 heavy (non-hydrogen) atoms. The molecule has 5 aromatic rings. The number of para-hydroxylation sites is 1. The van der Waals surface area contributed by atoms with Crippen molar-refractivity contribution < 1.29 is 4.79 Å². The lowest BCUT2D eigenvalue weighted by Crippen LogP contribution is -2.15. The van der Waals surface area contributed by atoms with Crippen molar-refractivity contribution in [1.82, 2.24) is 19.6 Å². The van der Waals surface area contributed by atoms with Gasteiger partial charge in [0.05, 0.1) is 32.4 Å². The van der Waals surface area contributed by atoms with Gasteiger partial charge in [0.25, 0.3) is 5.91 Å². The van der Waals surface area contributed by atoms with Crippen LogP contribution in [0.15, 0.2) is 94.2 Å². The molecule has 0 saturated heterocycles. The van der Waals surface area contributed by atoms with Crippen LogP contribution in [0.5, 0.6) is 0 Å². The summed E-state index contributed by atoms with van der Waals surface area (Å²) >= 11 is 3.19. The summed E-state index contributed by atoms with van der Waals surface area (Å²) in [5.74, 6) is -0.184. The molecule has 0 N–H and O–H groups in total. The van der Waals surface area contributed by atoms with Gasteiger partial charge in [-0.25, -0.2) is 4.68 Å². The maximum Gasteiger partial charge on any atom is 0.282 e. The molecule has 0 aliphatic rings. The number of aromatic nitrogens is 4. The van der Waals surface area contributed by atoms with Gasteiger partial charge in [-0.15, -0.1) is 11.3 Å². The molecule has 3 heterocycles. The zero-order valence-corrected chi connectivity index (χ0v) is 19.2. The quantitative estimate of drug-likeness (QED) is 0.313. The lowest BCUT2D eigenvalue weighted by Gasteiger charge is -2.04. The molecular weight excluding hydrogens is 436 g/mol. The number of hydrogen-bond donors (Lipinski definition) is 0. The van der Waals surface area contributed by atoms with Gasteiger partial charge in [0.2, 0.25) is 0 Å². The predicted octanol–water partition coefficient (Wildman–Crippen LogP) is 6.25. The Labute approximate surface area is 194 Å². The first-order valence-electron chi connectivity index (χ1n) is 10.1. The number of thiophene rings is 1. The third-order valence-electron chi connectivity index (χ3n) is 5.10. The Kier molecular flexibility index (Phi) is 5.51. The molecule has 0 spiro atoms. The predicted molar refractivity (Wildman–Crippen MR) is 129 cm³/mol. The molecule has 0 radical (unpaired) electrons. The minimum atomic E-state index is -0.184. The van der Waals surface area contributed by atoms with Gasteiger partial charge in [-0.05, 0) is 49.6 Å². The van der Waals surface area contributed by atoms with Crippen LogP contribution in [0.25, 0.3) is 16.3 Å². The smallest absolute Gasteiger partial charge is 0.267 e. The summed E-state index contributed by atoms with van der Waals surface area (Å²) in [6.45, 7) is 3.88. The molecule has 3 aromatic heterocycles. The van der Waals surface area contributed by atoms with Crippen molar-refractivity contribution in [3.63, 3.8) is 0 Å². The monoisotopic (exact) mass is 456 g/mol. The molecule has 158 valence electrons. The van der Waals surface area contributed by atoms with E-state index in [9.17, 15) is 4.79 Å². The number of nitrogens with zero attached hydrogens (tertiary/aromatic N) is 4. The number of carbonyl (C=O) groups excluding carboxylic acids is 1. The first-order valence-corrected chi connectivity index (χ1v) is 11.8. The molecule has 0 bridgehead atoms. The van der Waals surface area contributed by atoms with E-state index in [1.54, 1.807) is 34.0 Å². The van der Waals surface area contributed by atoms with Crippen molar-refractivity contribution >= 4 is 29.0 Å². The summed E-state index contributed by atoms with van der Waals surface area (Å²) in [6, 6.07) is 23.9. The molecule has 0 atom stereocenters. The van der Waals surface area contributed by atoms with Crippen LogP contribution in [0.1, 0.15) is 21.7 Å². The molecule has 0 fully saturated rings. The second-order valence-corrected chi connectivity index (χ2v) is 9.31. The largest absolute Gasteiger partial charge is 0.282 e. The third kappa shape index (κ3) is 3.81. The summed E-state index contributed by atoms with van der Waals surface area (Å²) in [5, 5.41) is 11.3. The van der Waals surface area contributed by atoms with Gasteiger partial charge in [0.15, 0.2) is 0 Å². The van der Waals surface area contributed by atoms with Gasteiger partial charge in [0, 0.05) is 11.1 Å². The highest BCUT2D eigenvalue weighted by Crippen LogP contribution is 2.34. The van der Waals surface area contributed by atoms with Crippen LogP contribution in [-0.4, -0.2) is 25.5 Å². The van der Waals surface area contributed by atoms with Gasteiger partial charge in [-0.3, -0.25) is 4.79 Å². The SMILES string of the molecule is Cc1nn(C(=O)c2cn(-c3ccccc3)nc2-c2cccs2)c(C)c1Sc1ccccc1. The molecule has 0 saturated carbocycles. The van der Waals surface area contributed by atoms with Crippen LogP contribution in [0.3, 0.4) is 0 Å². The third-order valence-corrected chi connectivity index (χ3v) is 7.28. The van der Waals surface area contributed by atoms with E-state index in [0.717, 1.165) is 31.7 Å². The maximum absolute atomic E-state index is 13.7. The van der Waals surface area contributed by atoms with Crippen molar-refractivity contribution in [2.24, 2.45) is 0 Å². The molecule has 0 aliphatic carbocycles. The summed E-state index contributed by atoms with van der Waals surface area (Å²) in [5.41, 5.74) is 3.75. The normalized spacial score (nSPS) is 11.1. The Hall–Kier alpha value is -3.42. The Morgan fingerprint density at radius 3 is 2.31 bits per heavy atom. The maximum atomic E-state index is 13.7. The molecule has 0 unspecified atom stereocenters. The Bertz CT molecular complexity index is 1370. The van der Waals surface area contributed by atoms with Gasteiger partial charge in [-0.1, -0.05) is 54.2 Å². The highest BCUT2D eigenvalue weighted by atomic mass is 32.2. The van der Waals surface area contributed by atoms with E-state index in [0.29, 0.717) is 11.3 Å². The fraction of sp³-hybridized carbons (Fsp3) is 0.0800. The lowest BCUT2D eigenvalue weighted by atomic mass is 10.2. The van der Waals surface area contributed by atoms with Gasteiger partial charge in [-0.2, -0.15) is 14.9 Å². The first-order chi connectivity index (χ1) is 15.6. The van der Waals surface area contributed by atoms with Crippen molar-refractivity contribution in [3.8, 4) is 16.3 Å².